The third-order valence-electron chi connectivity index (χ3n) is 4.76. The number of anilines is 1. The lowest BCUT2D eigenvalue weighted by Crippen LogP contribution is -2.49. The molecule has 128 valence electrons. The van der Waals surface area contributed by atoms with Crippen LogP contribution >= 0.6 is 0 Å². The summed E-state index contributed by atoms with van der Waals surface area (Å²) >= 11 is 0. The van der Waals surface area contributed by atoms with Gasteiger partial charge in [-0.1, -0.05) is 24.3 Å². The molecule has 4 rings (SSSR count). The lowest BCUT2D eigenvalue weighted by atomic mass is 9.81. The van der Waals surface area contributed by atoms with Crippen LogP contribution in [-0.4, -0.2) is 38.6 Å². The zero-order valence-electron chi connectivity index (χ0n) is 13.7. The van der Waals surface area contributed by atoms with Crippen molar-refractivity contribution in [3.8, 4) is 0 Å². The Bertz CT molecular complexity index is 886. The minimum atomic E-state index is -0.865. The number of fused-ring (bicyclic) bond motifs is 3. The summed E-state index contributed by atoms with van der Waals surface area (Å²) in [6, 6.07) is 8.93. The lowest BCUT2D eigenvalue weighted by Gasteiger charge is -2.42. The van der Waals surface area contributed by atoms with Gasteiger partial charge in [-0.25, -0.2) is 0 Å². The number of rotatable bonds is 2. The maximum Gasteiger partial charge on any atom is 0.250 e. The number of amides is 2. The summed E-state index contributed by atoms with van der Waals surface area (Å²) < 4.78 is 0. The normalized spacial score (nSPS) is 22.0. The fourth-order valence-corrected chi connectivity index (χ4v) is 3.63. The molecule has 2 aliphatic rings. The molecule has 2 atom stereocenters. The molecule has 1 aromatic heterocycles. The van der Waals surface area contributed by atoms with Gasteiger partial charge >= 0.3 is 0 Å². The van der Waals surface area contributed by atoms with Crippen molar-refractivity contribution in [2.45, 2.75) is 19.4 Å². The van der Waals surface area contributed by atoms with Crippen molar-refractivity contribution in [2.24, 2.45) is 5.92 Å². The van der Waals surface area contributed by atoms with E-state index in [2.05, 4.69) is 15.5 Å². The fraction of sp³-hybridized carbons (Fsp3) is 0.278. The Balaban J connectivity index is 1.73. The van der Waals surface area contributed by atoms with Gasteiger partial charge in [0.05, 0.1) is 6.04 Å². The number of aryl methyl sites for hydroxylation is 1. The molecular weight excluding hydrogens is 320 g/mol. The number of benzene rings is 1. The Hall–Kier alpha value is -3.09. The molecule has 3 heterocycles. The lowest BCUT2D eigenvalue weighted by molar-refractivity contribution is -0.134. The number of aromatic nitrogens is 2. The second-order valence-corrected chi connectivity index (χ2v) is 6.40. The van der Waals surface area contributed by atoms with E-state index in [9.17, 15) is 14.7 Å². The first kappa shape index (κ1) is 15.4. The number of carbonyl (C=O) groups is 2. The van der Waals surface area contributed by atoms with E-state index in [1.807, 2.05) is 31.2 Å². The van der Waals surface area contributed by atoms with Crippen molar-refractivity contribution in [3.05, 3.63) is 59.0 Å². The van der Waals surface area contributed by atoms with Crippen molar-refractivity contribution in [2.75, 3.05) is 11.9 Å². The topological polar surface area (TPSA) is 98.3 Å². The third kappa shape index (κ3) is 2.57. The maximum atomic E-state index is 12.9. The number of nitrogens with one attached hydrogen (secondary N) is 2. The number of hydrogen-bond donors (Lipinski definition) is 3. The summed E-state index contributed by atoms with van der Waals surface area (Å²) in [6.45, 7) is 2.36. The van der Waals surface area contributed by atoms with Crippen LogP contribution in [0.5, 0.6) is 0 Å². The standard InChI is InChI=1S/C18H18N4O3/c1-10-8-14(21-20-10)19-18(25)16-13(23)9-15(24)22-7-6-11-4-2-3-5-12(11)17(16)22/h2-5,8-9,16-17,23H,6-7H2,1H3,(H2,19,20,21,25)/t16-,17+/m0/s1. The van der Waals surface area contributed by atoms with Crippen molar-refractivity contribution < 1.29 is 14.7 Å². The SMILES string of the molecule is Cc1cc(NC(=O)[C@H]2C(O)=CC(=O)N3CCc4ccccc4[C@H]23)n[nH]1. The van der Waals surface area contributed by atoms with E-state index in [0.717, 1.165) is 29.3 Å². The van der Waals surface area contributed by atoms with Crippen molar-refractivity contribution in [3.63, 3.8) is 0 Å². The number of aliphatic hydroxyl groups excluding tert-OH is 1. The van der Waals surface area contributed by atoms with E-state index in [0.29, 0.717) is 12.4 Å². The van der Waals surface area contributed by atoms with Crippen molar-refractivity contribution >= 4 is 17.6 Å². The van der Waals surface area contributed by atoms with Crippen LogP contribution in [0.15, 0.2) is 42.2 Å². The van der Waals surface area contributed by atoms with Gasteiger partial charge in [-0.05, 0) is 24.5 Å². The zero-order chi connectivity index (χ0) is 17.6. The second kappa shape index (κ2) is 5.77. The van der Waals surface area contributed by atoms with E-state index in [1.165, 1.54) is 0 Å². The number of hydrogen-bond acceptors (Lipinski definition) is 4. The minimum absolute atomic E-state index is 0.215. The molecule has 0 spiro atoms. The summed E-state index contributed by atoms with van der Waals surface area (Å²) in [5, 5.41) is 19.9. The highest BCUT2D eigenvalue weighted by molar-refractivity contribution is 5.98. The molecule has 0 aliphatic carbocycles. The average Bonchev–Trinajstić information content (AvgIpc) is 2.99. The highest BCUT2D eigenvalue weighted by Crippen LogP contribution is 2.41. The Morgan fingerprint density at radius 2 is 2.20 bits per heavy atom. The predicted molar refractivity (Wildman–Crippen MR) is 90.8 cm³/mol. The molecule has 0 saturated heterocycles. The van der Waals surface area contributed by atoms with Gasteiger partial charge in [0, 0.05) is 24.4 Å². The molecule has 2 aliphatic heterocycles. The molecule has 2 aromatic rings. The Morgan fingerprint density at radius 1 is 1.40 bits per heavy atom. The molecular formula is C18H18N4O3. The number of aromatic amines is 1. The number of carbonyl (C=O) groups excluding carboxylic acids is 2. The molecule has 7 heteroatoms. The van der Waals surface area contributed by atoms with E-state index in [-0.39, 0.29) is 17.6 Å². The first-order chi connectivity index (χ1) is 12.0. The van der Waals surface area contributed by atoms with Crippen LogP contribution in [-0.2, 0) is 16.0 Å². The molecule has 0 fully saturated rings. The molecule has 7 nitrogen and oxygen atoms in total. The van der Waals surface area contributed by atoms with Gasteiger partial charge in [0.2, 0.25) is 5.91 Å². The second-order valence-electron chi connectivity index (χ2n) is 6.40. The van der Waals surface area contributed by atoms with Crippen LogP contribution in [0, 0.1) is 12.8 Å². The molecule has 0 saturated carbocycles. The minimum Gasteiger partial charge on any atom is -0.511 e. The summed E-state index contributed by atoms with van der Waals surface area (Å²) in [5.41, 5.74) is 2.82. The van der Waals surface area contributed by atoms with Crippen LogP contribution in [0.2, 0.25) is 0 Å². The van der Waals surface area contributed by atoms with E-state index >= 15 is 0 Å². The van der Waals surface area contributed by atoms with Gasteiger partial charge in [0.1, 0.15) is 11.7 Å². The van der Waals surface area contributed by atoms with Gasteiger partial charge < -0.3 is 15.3 Å². The van der Waals surface area contributed by atoms with E-state index in [1.54, 1.807) is 11.0 Å². The van der Waals surface area contributed by atoms with Gasteiger partial charge in [-0.2, -0.15) is 5.10 Å². The summed E-state index contributed by atoms with van der Waals surface area (Å²) in [4.78, 5) is 26.8. The quantitative estimate of drug-likeness (QED) is 0.778. The smallest absolute Gasteiger partial charge is 0.250 e. The van der Waals surface area contributed by atoms with Gasteiger partial charge in [0.25, 0.3) is 5.91 Å². The first-order valence-corrected chi connectivity index (χ1v) is 8.16. The number of nitrogens with zero attached hydrogens (tertiary/aromatic N) is 2. The van der Waals surface area contributed by atoms with E-state index in [4.69, 9.17) is 0 Å². The summed E-state index contributed by atoms with van der Waals surface area (Å²) in [5.74, 6) is -1.34. The molecule has 0 bridgehead atoms. The fourth-order valence-electron chi connectivity index (χ4n) is 3.63. The Morgan fingerprint density at radius 3 is 2.96 bits per heavy atom. The number of H-pyrrole nitrogens is 1. The predicted octanol–water partition coefficient (Wildman–Crippen LogP) is 1.85. The third-order valence-corrected chi connectivity index (χ3v) is 4.76. The molecule has 0 unspecified atom stereocenters. The number of aliphatic hydroxyl groups is 1. The van der Waals surface area contributed by atoms with Crippen molar-refractivity contribution in [1.29, 1.82) is 0 Å². The van der Waals surface area contributed by atoms with Crippen LogP contribution in [0.3, 0.4) is 0 Å². The maximum absolute atomic E-state index is 12.9. The highest BCUT2D eigenvalue weighted by atomic mass is 16.3. The highest BCUT2D eigenvalue weighted by Gasteiger charge is 2.44. The molecule has 25 heavy (non-hydrogen) atoms. The molecule has 0 radical (unpaired) electrons. The summed E-state index contributed by atoms with van der Waals surface area (Å²) in [6.07, 6.45) is 1.88. The van der Waals surface area contributed by atoms with Crippen LogP contribution in [0.25, 0.3) is 0 Å². The molecule has 1 aromatic carbocycles. The molecule has 3 N–H and O–H groups in total. The Labute approximate surface area is 144 Å². The van der Waals surface area contributed by atoms with Crippen LogP contribution in [0.1, 0.15) is 22.9 Å². The van der Waals surface area contributed by atoms with Crippen LogP contribution in [0.4, 0.5) is 5.82 Å². The monoisotopic (exact) mass is 338 g/mol. The first-order valence-electron chi connectivity index (χ1n) is 8.16. The summed E-state index contributed by atoms with van der Waals surface area (Å²) in [7, 11) is 0. The van der Waals surface area contributed by atoms with E-state index < -0.39 is 12.0 Å². The zero-order valence-corrected chi connectivity index (χ0v) is 13.7. The average molecular weight is 338 g/mol. The molecule has 2 amide bonds. The van der Waals surface area contributed by atoms with Gasteiger partial charge in [0.15, 0.2) is 5.82 Å². The van der Waals surface area contributed by atoms with Crippen molar-refractivity contribution in [1.82, 2.24) is 15.1 Å². The van der Waals surface area contributed by atoms with Gasteiger partial charge in [-0.15, -0.1) is 0 Å². The van der Waals surface area contributed by atoms with Crippen LogP contribution < -0.4 is 5.32 Å². The Kier molecular flexibility index (Phi) is 3.56. The largest absolute Gasteiger partial charge is 0.511 e. The van der Waals surface area contributed by atoms with Gasteiger partial charge in [-0.3, -0.25) is 14.7 Å².